The molecule has 1 N–H and O–H groups in total. The number of aryl methyl sites for hydroxylation is 1. The summed E-state index contributed by atoms with van der Waals surface area (Å²) in [6.45, 7) is 7.38. The quantitative estimate of drug-likeness (QED) is 0.909. The highest BCUT2D eigenvalue weighted by Gasteiger charge is 2.29. The van der Waals surface area contributed by atoms with Crippen molar-refractivity contribution in [1.29, 1.82) is 0 Å². The van der Waals surface area contributed by atoms with Gasteiger partial charge in [-0.1, -0.05) is 24.1 Å². The van der Waals surface area contributed by atoms with Crippen molar-refractivity contribution in [2.75, 3.05) is 13.1 Å². The maximum absolute atomic E-state index is 12.9. The summed E-state index contributed by atoms with van der Waals surface area (Å²) < 4.78 is 27.3. The summed E-state index contributed by atoms with van der Waals surface area (Å²) in [5.41, 5.74) is 1.07. The molecule has 1 saturated heterocycles. The second-order valence-corrected chi connectivity index (χ2v) is 8.02. The third-order valence-electron chi connectivity index (χ3n) is 4.02. The van der Waals surface area contributed by atoms with Gasteiger partial charge >= 0.3 is 0 Å². The van der Waals surface area contributed by atoms with Crippen LogP contribution in [-0.4, -0.2) is 37.9 Å². The van der Waals surface area contributed by atoms with Crippen LogP contribution in [0.5, 0.6) is 0 Å². The number of hydrogen-bond acceptors (Lipinski definition) is 3. The molecule has 1 fully saturated rings. The van der Waals surface area contributed by atoms with Gasteiger partial charge in [-0.05, 0) is 52.3 Å². The van der Waals surface area contributed by atoms with Crippen LogP contribution in [0.15, 0.2) is 29.2 Å². The summed E-state index contributed by atoms with van der Waals surface area (Å²) in [7, 11) is -3.42. The summed E-state index contributed by atoms with van der Waals surface area (Å²) in [6.07, 6.45) is 3.41. The Hall–Kier alpha value is -0.910. The minimum absolute atomic E-state index is 0.0416. The molecule has 0 aromatic heterocycles. The van der Waals surface area contributed by atoms with Gasteiger partial charge in [-0.3, -0.25) is 0 Å². The van der Waals surface area contributed by atoms with Crippen molar-refractivity contribution in [3.63, 3.8) is 0 Å². The van der Waals surface area contributed by atoms with Crippen LogP contribution in [0.3, 0.4) is 0 Å². The highest BCUT2D eigenvalue weighted by Crippen LogP contribution is 2.20. The Kier molecular flexibility index (Phi) is 5.41. The van der Waals surface area contributed by atoms with Gasteiger partial charge in [-0.25, -0.2) is 8.42 Å². The lowest BCUT2D eigenvalue weighted by molar-refractivity contribution is 0.282. The summed E-state index contributed by atoms with van der Waals surface area (Å²) >= 11 is 0. The zero-order valence-corrected chi connectivity index (χ0v) is 14.0. The van der Waals surface area contributed by atoms with Crippen LogP contribution in [0.1, 0.15) is 38.7 Å². The molecule has 0 radical (unpaired) electrons. The van der Waals surface area contributed by atoms with E-state index in [0.717, 1.165) is 18.5 Å². The van der Waals surface area contributed by atoms with E-state index in [1.807, 2.05) is 32.9 Å². The zero-order valence-electron chi connectivity index (χ0n) is 13.2. The Morgan fingerprint density at radius 1 is 1.24 bits per heavy atom. The molecule has 1 aliphatic rings. The number of piperidine rings is 1. The molecule has 1 aromatic rings. The fourth-order valence-electron chi connectivity index (χ4n) is 2.73. The molecule has 0 saturated carbocycles. The molecule has 1 heterocycles. The van der Waals surface area contributed by atoms with Crippen LogP contribution >= 0.6 is 0 Å². The topological polar surface area (TPSA) is 49.4 Å². The van der Waals surface area contributed by atoms with Gasteiger partial charge in [0.2, 0.25) is 10.0 Å². The fourth-order valence-corrected chi connectivity index (χ4v) is 4.41. The van der Waals surface area contributed by atoms with Gasteiger partial charge in [-0.2, -0.15) is 4.31 Å². The Labute approximate surface area is 128 Å². The Morgan fingerprint density at radius 2 is 1.90 bits per heavy atom. The van der Waals surface area contributed by atoms with E-state index in [9.17, 15) is 8.42 Å². The summed E-state index contributed by atoms with van der Waals surface area (Å²) in [5.74, 6) is 0. The van der Waals surface area contributed by atoms with E-state index < -0.39 is 10.0 Å². The largest absolute Gasteiger partial charge is 0.313 e. The monoisotopic (exact) mass is 310 g/mol. The summed E-state index contributed by atoms with van der Waals surface area (Å²) in [4.78, 5) is 0.387. The van der Waals surface area contributed by atoms with Crippen molar-refractivity contribution in [3.8, 4) is 0 Å². The van der Waals surface area contributed by atoms with E-state index in [2.05, 4.69) is 5.32 Å². The average Bonchev–Trinajstić information content (AvgIpc) is 2.46. The third-order valence-corrected chi connectivity index (χ3v) is 6.07. The molecular weight excluding hydrogens is 284 g/mol. The van der Waals surface area contributed by atoms with Gasteiger partial charge in [0, 0.05) is 18.6 Å². The molecule has 118 valence electrons. The molecule has 2 rings (SSSR count). The first-order chi connectivity index (χ1) is 9.91. The van der Waals surface area contributed by atoms with Gasteiger partial charge in [0.25, 0.3) is 0 Å². The van der Waals surface area contributed by atoms with Crippen molar-refractivity contribution >= 4 is 10.0 Å². The van der Waals surface area contributed by atoms with Crippen LogP contribution in [0, 0.1) is 6.92 Å². The first kappa shape index (κ1) is 16.5. The Balaban J connectivity index is 2.21. The van der Waals surface area contributed by atoms with E-state index in [-0.39, 0.29) is 12.1 Å². The molecule has 0 amide bonds. The molecule has 0 bridgehead atoms. The number of nitrogens with zero attached hydrogens (tertiary/aromatic N) is 1. The molecule has 1 aromatic carbocycles. The molecule has 1 aliphatic heterocycles. The summed E-state index contributed by atoms with van der Waals surface area (Å²) in [5, 5.41) is 3.43. The first-order valence-corrected chi connectivity index (χ1v) is 9.17. The van der Waals surface area contributed by atoms with E-state index in [4.69, 9.17) is 0 Å². The highest BCUT2D eigenvalue weighted by molar-refractivity contribution is 7.89. The van der Waals surface area contributed by atoms with Crippen LogP contribution < -0.4 is 5.32 Å². The van der Waals surface area contributed by atoms with Crippen LogP contribution in [0.4, 0.5) is 0 Å². The fraction of sp³-hybridized carbons (Fsp3) is 0.625. The van der Waals surface area contributed by atoms with Crippen molar-refractivity contribution in [1.82, 2.24) is 9.62 Å². The van der Waals surface area contributed by atoms with Gasteiger partial charge in [0.15, 0.2) is 0 Å². The zero-order chi connectivity index (χ0) is 15.5. The molecule has 21 heavy (non-hydrogen) atoms. The predicted molar refractivity (Wildman–Crippen MR) is 85.8 cm³/mol. The smallest absolute Gasteiger partial charge is 0.243 e. The molecule has 1 atom stereocenters. The van der Waals surface area contributed by atoms with Gasteiger partial charge in [0.1, 0.15) is 0 Å². The SMILES string of the molecule is Cc1ccc(S(=O)(=O)N(CC2CCCCN2)C(C)C)cc1. The summed E-state index contributed by atoms with van der Waals surface area (Å²) in [6, 6.07) is 7.33. The van der Waals surface area contributed by atoms with E-state index in [1.165, 1.54) is 12.8 Å². The Morgan fingerprint density at radius 3 is 2.43 bits per heavy atom. The lowest BCUT2D eigenvalue weighted by Crippen LogP contribution is -2.48. The van der Waals surface area contributed by atoms with Crippen molar-refractivity contribution in [3.05, 3.63) is 29.8 Å². The Bertz CT molecular complexity index is 546. The molecule has 5 heteroatoms. The molecule has 0 spiro atoms. The molecule has 1 unspecified atom stereocenters. The van der Waals surface area contributed by atoms with E-state index in [1.54, 1.807) is 16.4 Å². The number of rotatable bonds is 5. The minimum atomic E-state index is -3.42. The maximum atomic E-state index is 12.9. The standard InChI is InChI=1S/C16H26N2O2S/c1-13(2)18(12-15-6-4-5-11-17-15)21(19,20)16-9-7-14(3)8-10-16/h7-10,13,15,17H,4-6,11-12H2,1-3H3. The normalized spacial score (nSPS) is 20.1. The molecular formula is C16H26N2O2S. The van der Waals surface area contributed by atoms with E-state index >= 15 is 0 Å². The van der Waals surface area contributed by atoms with Gasteiger partial charge in [0.05, 0.1) is 4.90 Å². The molecule has 0 aliphatic carbocycles. The van der Waals surface area contributed by atoms with Crippen LogP contribution in [0.2, 0.25) is 0 Å². The van der Waals surface area contributed by atoms with Crippen LogP contribution in [0.25, 0.3) is 0 Å². The minimum Gasteiger partial charge on any atom is -0.313 e. The third kappa shape index (κ3) is 4.05. The maximum Gasteiger partial charge on any atom is 0.243 e. The van der Waals surface area contributed by atoms with Gasteiger partial charge < -0.3 is 5.32 Å². The van der Waals surface area contributed by atoms with Crippen molar-refractivity contribution < 1.29 is 8.42 Å². The van der Waals surface area contributed by atoms with Gasteiger partial charge in [-0.15, -0.1) is 0 Å². The average molecular weight is 310 g/mol. The number of benzene rings is 1. The number of nitrogens with one attached hydrogen (secondary N) is 1. The van der Waals surface area contributed by atoms with Crippen molar-refractivity contribution in [2.24, 2.45) is 0 Å². The number of hydrogen-bond donors (Lipinski definition) is 1. The van der Waals surface area contributed by atoms with Crippen molar-refractivity contribution in [2.45, 2.75) is 57.0 Å². The van der Waals surface area contributed by atoms with E-state index in [0.29, 0.717) is 11.4 Å². The lowest BCUT2D eigenvalue weighted by atomic mass is 10.1. The lowest BCUT2D eigenvalue weighted by Gasteiger charge is -2.32. The highest BCUT2D eigenvalue weighted by atomic mass is 32.2. The molecule has 4 nitrogen and oxygen atoms in total. The van der Waals surface area contributed by atoms with Crippen LogP contribution in [-0.2, 0) is 10.0 Å². The second kappa shape index (κ2) is 6.90. The first-order valence-electron chi connectivity index (χ1n) is 7.73. The number of sulfonamides is 1. The predicted octanol–water partition coefficient (Wildman–Crippen LogP) is 2.54. The second-order valence-electron chi connectivity index (χ2n) is 6.13.